The maximum atomic E-state index is 11.1. The average molecular weight is 221 g/mol. The van der Waals surface area contributed by atoms with E-state index < -0.39 is 5.97 Å². The first-order chi connectivity index (χ1) is 7.15. The van der Waals surface area contributed by atoms with Gasteiger partial charge in [0.2, 0.25) is 0 Å². The molecule has 0 fully saturated rings. The highest BCUT2D eigenvalue weighted by Gasteiger charge is 2.13. The number of carboxylic acid groups (broad SMARTS) is 1. The van der Waals surface area contributed by atoms with Gasteiger partial charge in [-0.2, -0.15) is 12.6 Å². The summed E-state index contributed by atoms with van der Waals surface area (Å²) in [5, 5.41) is 9.87. The third kappa shape index (κ3) is 1.51. The maximum absolute atomic E-state index is 11.1. The molecule has 0 amide bonds. The second-order valence-corrected chi connectivity index (χ2v) is 3.74. The number of fused-ring (bicyclic) bond motifs is 1. The van der Waals surface area contributed by atoms with E-state index in [1.165, 1.54) is 0 Å². The van der Waals surface area contributed by atoms with E-state index >= 15 is 0 Å². The summed E-state index contributed by atoms with van der Waals surface area (Å²) >= 11 is 4.21. The van der Waals surface area contributed by atoms with Gasteiger partial charge in [0, 0.05) is 29.9 Å². The van der Waals surface area contributed by atoms with E-state index in [1.54, 1.807) is 12.1 Å². The number of carboxylic acids is 1. The van der Waals surface area contributed by atoms with Crippen LogP contribution in [0.5, 0.6) is 0 Å². The van der Waals surface area contributed by atoms with Crippen molar-refractivity contribution in [3.05, 3.63) is 35.5 Å². The van der Waals surface area contributed by atoms with E-state index in [0.29, 0.717) is 11.3 Å². The third-order valence-electron chi connectivity index (χ3n) is 2.49. The topological polar surface area (TPSA) is 42.2 Å². The van der Waals surface area contributed by atoms with E-state index in [1.807, 2.05) is 23.9 Å². The Bertz CT molecular complexity index is 531. The molecular weight excluding hydrogens is 210 g/mol. The number of hydrogen-bond donors (Lipinski definition) is 2. The Labute approximate surface area is 92.7 Å². The molecule has 0 saturated carbocycles. The minimum Gasteiger partial charge on any atom is -0.478 e. The Kier molecular flexibility index (Phi) is 2.44. The van der Waals surface area contributed by atoms with Gasteiger partial charge in [-0.15, -0.1) is 0 Å². The summed E-state index contributed by atoms with van der Waals surface area (Å²) in [5.41, 5.74) is 2.23. The summed E-state index contributed by atoms with van der Waals surface area (Å²) in [7, 11) is 1.90. The first-order valence-corrected chi connectivity index (χ1v) is 5.19. The van der Waals surface area contributed by atoms with Gasteiger partial charge in [0.1, 0.15) is 0 Å². The highest BCUT2D eigenvalue weighted by molar-refractivity contribution is 7.79. The number of aromatic nitrogens is 1. The predicted molar refractivity (Wildman–Crippen MR) is 62.6 cm³/mol. The zero-order chi connectivity index (χ0) is 11.0. The number of aromatic carboxylic acids is 1. The fraction of sp³-hybridized carbons (Fsp3) is 0.182. The average Bonchev–Trinajstić information content (AvgIpc) is 2.55. The van der Waals surface area contributed by atoms with Crippen LogP contribution in [0.15, 0.2) is 24.4 Å². The van der Waals surface area contributed by atoms with Crippen LogP contribution in [0, 0.1) is 0 Å². The van der Waals surface area contributed by atoms with Crippen molar-refractivity contribution >= 4 is 29.5 Å². The third-order valence-corrected chi connectivity index (χ3v) is 2.83. The Morgan fingerprint density at radius 3 is 2.87 bits per heavy atom. The second-order valence-electron chi connectivity index (χ2n) is 3.43. The molecule has 4 heteroatoms. The van der Waals surface area contributed by atoms with Gasteiger partial charge in [-0.25, -0.2) is 4.79 Å². The number of rotatable bonds is 2. The van der Waals surface area contributed by atoms with Gasteiger partial charge < -0.3 is 9.67 Å². The van der Waals surface area contributed by atoms with Gasteiger partial charge in [0.15, 0.2) is 0 Å². The Hall–Kier alpha value is -1.42. The van der Waals surface area contributed by atoms with Crippen LogP contribution in [0.1, 0.15) is 15.9 Å². The summed E-state index contributed by atoms with van der Waals surface area (Å²) in [5.74, 6) is -0.350. The van der Waals surface area contributed by atoms with Gasteiger partial charge in [0.25, 0.3) is 0 Å². The van der Waals surface area contributed by atoms with E-state index in [4.69, 9.17) is 5.11 Å². The lowest BCUT2D eigenvalue weighted by molar-refractivity contribution is 0.0699. The number of hydrogen-bond acceptors (Lipinski definition) is 2. The van der Waals surface area contributed by atoms with Crippen molar-refractivity contribution in [1.29, 1.82) is 0 Å². The Balaban J connectivity index is 2.88. The second kappa shape index (κ2) is 3.62. The first kappa shape index (κ1) is 10.1. The normalized spacial score (nSPS) is 10.8. The van der Waals surface area contributed by atoms with E-state index in [0.717, 1.165) is 16.5 Å². The molecule has 0 aliphatic carbocycles. The van der Waals surface area contributed by atoms with Crippen LogP contribution >= 0.6 is 12.6 Å². The minimum absolute atomic E-state index is 0.345. The number of benzene rings is 1. The molecule has 1 aromatic heterocycles. The molecule has 0 aliphatic heterocycles. The molecule has 1 N–H and O–H groups in total. The molecule has 0 radical (unpaired) electrons. The molecule has 0 unspecified atom stereocenters. The molecule has 15 heavy (non-hydrogen) atoms. The quantitative estimate of drug-likeness (QED) is 0.764. The maximum Gasteiger partial charge on any atom is 0.336 e. The molecule has 0 bridgehead atoms. The monoisotopic (exact) mass is 221 g/mol. The lowest BCUT2D eigenvalue weighted by Crippen LogP contribution is -1.97. The van der Waals surface area contributed by atoms with Crippen molar-refractivity contribution in [2.45, 2.75) is 5.75 Å². The summed E-state index contributed by atoms with van der Waals surface area (Å²) in [4.78, 5) is 11.1. The van der Waals surface area contributed by atoms with Gasteiger partial charge in [-0.1, -0.05) is 6.07 Å². The first-order valence-electron chi connectivity index (χ1n) is 4.56. The van der Waals surface area contributed by atoms with Gasteiger partial charge in [-0.05, 0) is 17.7 Å². The fourth-order valence-electron chi connectivity index (χ4n) is 1.84. The molecule has 0 aliphatic rings. The zero-order valence-corrected chi connectivity index (χ0v) is 9.16. The van der Waals surface area contributed by atoms with Crippen LogP contribution in [0.2, 0.25) is 0 Å². The molecule has 0 atom stereocenters. The summed E-state index contributed by atoms with van der Waals surface area (Å²) in [6, 6.07) is 5.29. The van der Waals surface area contributed by atoms with Crippen molar-refractivity contribution in [3.8, 4) is 0 Å². The van der Waals surface area contributed by atoms with Crippen LogP contribution in [-0.2, 0) is 12.8 Å². The SMILES string of the molecule is Cn1cc(CS)c2c(C(=O)O)cccc21. The van der Waals surface area contributed by atoms with Crippen molar-refractivity contribution < 1.29 is 9.90 Å². The van der Waals surface area contributed by atoms with E-state index in [2.05, 4.69) is 12.6 Å². The lowest BCUT2D eigenvalue weighted by atomic mass is 10.1. The molecule has 1 heterocycles. The van der Waals surface area contributed by atoms with Gasteiger partial charge >= 0.3 is 5.97 Å². The lowest BCUT2D eigenvalue weighted by Gasteiger charge is -2.00. The molecule has 0 spiro atoms. The van der Waals surface area contributed by atoms with Crippen LogP contribution in [-0.4, -0.2) is 15.6 Å². The predicted octanol–water partition coefficient (Wildman–Crippen LogP) is 2.31. The number of thiol groups is 1. The summed E-state index contributed by atoms with van der Waals surface area (Å²) in [6.07, 6.45) is 1.92. The number of aryl methyl sites for hydroxylation is 1. The van der Waals surface area contributed by atoms with Crippen LogP contribution in [0.3, 0.4) is 0 Å². The van der Waals surface area contributed by atoms with E-state index in [-0.39, 0.29) is 0 Å². The molecule has 78 valence electrons. The van der Waals surface area contributed by atoms with Gasteiger partial charge in [0.05, 0.1) is 5.56 Å². The van der Waals surface area contributed by atoms with E-state index in [9.17, 15) is 4.79 Å². The van der Waals surface area contributed by atoms with Crippen molar-refractivity contribution in [2.75, 3.05) is 0 Å². The Morgan fingerprint density at radius 1 is 1.53 bits per heavy atom. The highest BCUT2D eigenvalue weighted by atomic mass is 32.1. The highest BCUT2D eigenvalue weighted by Crippen LogP contribution is 2.25. The van der Waals surface area contributed by atoms with Crippen molar-refractivity contribution in [3.63, 3.8) is 0 Å². The van der Waals surface area contributed by atoms with Gasteiger partial charge in [-0.3, -0.25) is 0 Å². The van der Waals surface area contributed by atoms with Crippen molar-refractivity contribution in [2.24, 2.45) is 7.05 Å². The molecule has 0 saturated heterocycles. The zero-order valence-electron chi connectivity index (χ0n) is 8.27. The fourth-order valence-corrected chi connectivity index (χ4v) is 2.08. The molecule has 2 rings (SSSR count). The Morgan fingerprint density at radius 2 is 2.27 bits per heavy atom. The standard InChI is InChI=1S/C11H11NO2S/c1-12-5-7(6-15)10-8(11(13)14)3-2-4-9(10)12/h2-5,15H,6H2,1H3,(H,13,14). The van der Waals surface area contributed by atoms with Crippen molar-refractivity contribution in [1.82, 2.24) is 4.57 Å². The van der Waals surface area contributed by atoms with Crippen LogP contribution in [0.4, 0.5) is 0 Å². The summed E-state index contributed by atoms with van der Waals surface area (Å²) < 4.78 is 1.92. The smallest absolute Gasteiger partial charge is 0.336 e. The largest absolute Gasteiger partial charge is 0.478 e. The molecular formula is C11H11NO2S. The minimum atomic E-state index is -0.894. The molecule has 2 aromatic rings. The molecule has 3 nitrogen and oxygen atoms in total. The van der Waals surface area contributed by atoms with Crippen LogP contribution in [0.25, 0.3) is 10.9 Å². The summed E-state index contributed by atoms with van der Waals surface area (Å²) in [6.45, 7) is 0. The number of nitrogens with zero attached hydrogens (tertiary/aromatic N) is 1. The van der Waals surface area contributed by atoms with Crippen LogP contribution < -0.4 is 0 Å². The number of carbonyl (C=O) groups is 1. The molecule has 1 aromatic carbocycles.